The largest absolute Gasteiger partial charge is 0.496 e. The SMILES string of the molecule is COc1c(CNC(=O)c2ccnc(CC(C)=O)c2)cccc1C(F)(F)F. The van der Waals surface area contributed by atoms with Gasteiger partial charge in [0.15, 0.2) is 0 Å². The van der Waals surface area contributed by atoms with Crippen molar-refractivity contribution in [2.75, 3.05) is 7.11 Å². The smallest absolute Gasteiger partial charge is 0.419 e. The van der Waals surface area contributed by atoms with E-state index < -0.39 is 17.6 Å². The summed E-state index contributed by atoms with van der Waals surface area (Å²) in [6.07, 6.45) is -3.06. The number of ether oxygens (including phenoxy) is 1. The average Bonchev–Trinajstić information content (AvgIpc) is 2.58. The summed E-state index contributed by atoms with van der Waals surface area (Å²) in [6, 6.07) is 6.55. The third-order valence-electron chi connectivity index (χ3n) is 3.55. The van der Waals surface area contributed by atoms with E-state index in [1.807, 2.05) is 0 Å². The van der Waals surface area contributed by atoms with Gasteiger partial charge in [0, 0.05) is 36.0 Å². The minimum absolute atomic E-state index is 0.0937. The normalized spacial score (nSPS) is 11.1. The van der Waals surface area contributed by atoms with Crippen molar-refractivity contribution in [1.29, 1.82) is 0 Å². The molecule has 0 atom stereocenters. The number of carbonyl (C=O) groups excluding carboxylic acids is 2. The van der Waals surface area contributed by atoms with Gasteiger partial charge in [-0.05, 0) is 25.1 Å². The van der Waals surface area contributed by atoms with E-state index in [0.717, 1.165) is 13.2 Å². The van der Waals surface area contributed by atoms with Crippen molar-refractivity contribution in [2.24, 2.45) is 0 Å². The van der Waals surface area contributed by atoms with Crippen LogP contribution in [0.3, 0.4) is 0 Å². The lowest BCUT2D eigenvalue weighted by molar-refractivity contribution is -0.138. The highest BCUT2D eigenvalue weighted by Crippen LogP contribution is 2.37. The van der Waals surface area contributed by atoms with Crippen LogP contribution >= 0.6 is 0 Å². The van der Waals surface area contributed by atoms with E-state index in [9.17, 15) is 22.8 Å². The molecule has 1 aromatic carbocycles. The first-order valence-corrected chi connectivity index (χ1v) is 7.68. The molecule has 1 N–H and O–H groups in total. The molecule has 0 aliphatic carbocycles. The molecular weight excluding hydrogens is 349 g/mol. The Labute approximate surface area is 148 Å². The fourth-order valence-corrected chi connectivity index (χ4v) is 2.44. The van der Waals surface area contributed by atoms with Crippen LogP contribution < -0.4 is 10.1 Å². The second-order valence-corrected chi connectivity index (χ2v) is 5.59. The number of carbonyl (C=O) groups is 2. The van der Waals surface area contributed by atoms with E-state index in [4.69, 9.17) is 4.74 Å². The Balaban J connectivity index is 2.16. The molecule has 8 heteroatoms. The molecular formula is C18H17F3N2O3. The fourth-order valence-electron chi connectivity index (χ4n) is 2.44. The molecule has 1 aromatic heterocycles. The lowest BCUT2D eigenvalue weighted by atomic mass is 10.1. The monoisotopic (exact) mass is 366 g/mol. The van der Waals surface area contributed by atoms with E-state index >= 15 is 0 Å². The molecule has 0 fully saturated rings. The fraction of sp³-hybridized carbons (Fsp3) is 0.278. The van der Waals surface area contributed by atoms with Gasteiger partial charge in [0.25, 0.3) is 5.91 Å². The van der Waals surface area contributed by atoms with Crippen LogP contribution in [0.5, 0.6) is 5.75 Å². The first-order chi connectivity index (χ1) is 12.2. The van der Waals surface area contributed by atoms with E-state index in [0.29, 0.717) is 5.69 Å². The summed E-state index contributed by atoms with van der Waals surface area (Å²) in [4.78, 5) is 27.4. The number of halogens is 3. The number of amides is 1. The predicted octanol–water partition coefficient (Wildman–Crippen LogP) is 3.17. The van der Waals surface area contributed by atoms with Gasteiger partial charge in [-0.1, -0.05) is 12.1 Å². The van der Waals surface area contributed by atoms with Crippen LogP contribution in [0.15, 0.2) is 36.5 Å². The van der Waals surface area contributed by atoms with Gasteiger partial charge >= 0.3 is 6.18 Å². The van der Waals surface area contributed by atoms with Crippen LogP contribution in [0, 0.1) is 0 Å². The molecule has 2 rings (SSSR count). The van der Waals surface area contributed by atoms with Crippen LogP contribution in [0.25, 0.3) is 0 Å². The van der Waals surface area contributed by atoms with Gasteiger partial charge in [-0.3, -0.25) is 14.6 Å². The molecule has 0 saturated carbocycles. The number of nitrogens with one attached hydrogen (secondary N) is 1. The van der Waals surface area contributed by atoms with Crippen molar-refractivity contribution in [1.82, 2.24) is 10.3 Å². The maximum Gasteiger partial charge on any atom is 0.419 e. The minimum Gasteiger partial charge on any atom is -0.496 e. The third kappa shape index (κ3) is 4.81. The Morgan fingerprint density at radius 3 is 2.58 bits per heavy atom. The Morgan fingerprint density at radius 2 is 1.96 bits per heavy atom. The standard InChI is InChI=1S/C18H17F3N2O3/c1-11(24)8-14-9-12(6-7-22-14)17(25)23-10-13-4-3-5-15(16(13)26-2)18(19,20)21/h3-7,9H,8,10H2,1-2H3,(H,23,25). The molecule has 2 aromatic rings. The van der Waals surface area contributed by atoms with Gasteiger partial charge in [-0.25, -0.2) is 0 Å². The summed E-state index contributed by atoms with van der Waals surface area (Å²) in [7, 11) is 1.15. The number of para-hydroxylation sites is 1. The Morgan fingerprint density at radius 1 is 1.23 bits per heavy atom. The number of nitrogens with zero attached hydrogens (tertiary/aromatic N) is 1. The lowest BCUT2D eigenvalue weighted by Gasteiger charge is -2.16. The number of benzene rings is 1. The third-order valence-corrected chi connectivity index (χ3v) is 3.55. The number of pyridine rings is 1. The Bertz CT molecular complexity index is 820. The summed E-state index contributed by atoms with van der Waals surface area (Å²) in [6.45, 7) is 1.27. The molecule has 1 amide bonds. The van der Waals surface area contributed by atoms with E-state index in [1.165, 1.54) is 37.4 Å². The maximum atomic E-state index is 13.0. The van der Waals surface area contributed by atoms with Crippen LogP contribution in [0.1, 0.15) is 34.1 Å². The van der Waals surface area contributed by atoms with Crippen LogP contribution in [-0.2, 0) is 23.9 Å². The number of hydrogen-bond donors (Lipinski definition) is 1. The molecule has 0 aliphatic rings. The van der Waals surface area contributed by atoms with Crippen molar-refractivity contribution in [3.63, 3.8) is 0 Å². The summed E-state index contributed by atoms with van der Waals surface area (Å²) in [5, 5.41) is 2.55. The summed E-state index contributed by atoms with van der Waals surface area (Å²) >= 11 is 0. The minimum atomic E-state index is -4.56. The maximum absolute atomic E-state index is 13.0. The molecule has 138 valence electrons. The van der Waals surface area contributed by atoms with Crippen molar-refractivity contribution >= 4 is 11.7 Å². The van der Waals surface area contributed by atoms with Crippen molar-refractivity contribution in [2.45, 2.75) is 26.1 Å². The Hall–Kier alpha value is -2.90. The highest BCUT2D eigenvalue weighted by Gasteiger charge is 2.35. The number of rotatable bonds is 6. The highest BCUT2D eigenvalue weighted by atomic mass is 19.4. The topological polar surface area (TPSA) is 68.3 Å². The zero-order valence-electron chi connectivity index (χ0n) is 14.2. The van der Waals surface area contributed by atoms with Crippen molar-refractivity contribution in [3.05, 3.63) is 58.9 Å². The molecule has 0 bridgehead atoms. The number of aromatic nitrogens is 1. The lowest BCUT2D eigenvalue weighted by Crippen LogP contribution is -2.24. The van der Waals surface area contributed by atoms with Gasteiger partial charge in [-0.15, -0.1) is 0 Å². The molecule has 0 spiro atoms. The number of methoxy groups -OCH3 is 1. The van der Waals surface area contributed by atoms with Crippen LogP contribution in [-0.4, -0.2) is 23.8 Å². The first-order valence-electron chi connectivity index (χ1n) is 7.68. The second kappa shape index (κ2) is 7.99. The quantitative estimate of drug-likeness (QED) is 0.853. The van der Waals surface area contributed by atoms with E-state index in [1.54, 1.807) is 0 Å². The van der Waals surface area contributed by atoms with Gasteiger partial charge in [-0.2, -0.15) is 13.2 Å². The summed E-state index contributed by atoms with van der Waals surface area (Å²) in [5.74, 6) is -0.910. The van der Waals surface area contributed by atoms with Gasteiger partial charge in [0.2, 0.25) is 0 Å². The number of ketones is 1. The summed E-state index contributed by atoms with van der Waals surface area (Å²) in [5.41, 5.74) is 0.0112. The van der Waals surface area contributed by atoms with E-state index in [-0.39, 0.29) is 35.6 Å². The van der Waals surface area contributed by atoms with Crippen molar-refractivity contribution < 1.29 is 27.5 Å². The number of alkyl halides is 3. The zero-order chi connectivity index (χ0) is 19.3. The van der Waals surface area contributed by atoms with E-state index in [2.05, 4.69) is 10.3 Å². The molecule has 0 radical (unpaired) electrons. The van der Waals surface area contributed by atoms with Gasteiger partial charge in [0.05, 0.1) is 12.7 Å². The van der Waals surface area contributed by atoms with Crippen LogP contribution in [0.2, 0.25) is 0 Å². The summed E-state index contributed by atoms with van der Waals surface area (Å²) < 4.78 is 44.0. The highest BCUT2D eigenvalue weighted by molar-refractivity contribution is 5.94. The second-order valence-electron chi connectivity index (χ2n) is 5.59. The predicted molar refractivity (Wildman–Crippen MR) is 87.8 cm³/mol. The van der Waals surface area contributed by atoms with Crippen LogP contribution in [0.4, 0.5) is 13.2 Å². The van der Waals surface area contributed by atoms with Gasteiger partial charge < -0.3 is 10.1 Å². The Kier molecular flexibility index (Phi) is 5.97. The molecule has 0 unspecified atom stereocenters. The number of Topliss-reactive ketones (excluding diaryl/α,β-unsaturated/α-hetero) is 1. The van der Waals surface area contributed by atoms with Crippen molar-refractivity contribution in [3.8, 4) is 5.75 Å². The molecule has 1 heterocycles. The molecule has 26 heavy (non-hydrogen) atoms. The number of hydrogen-bond acceptors (Lipinski definition) is 4. The molecule has 0 aliphatic heterocycles. The zero-order valence-corrected chi connectivity index (χ0v) is 14.2. The molecule has 5 nitrogen and oxygen atoms in total. The average molecular weight is 366 g/mol. The van der Waals surface area contributed by atoms with Gasteiger partial charge in [0.1, 0.15) is 11.5 Å². The molecule has 0 saturated heterocycles. The first kappa shape index (κ1) is 19.4.